The van der Waals surface area contributed by atoms with Crippen molar-refractivity contribution in [2.45, 2.75) is 13.5 Å². The van der Waals surface area contributed by atoms with Crippen molar-refractivity contribution in [3.05, 3.63) is 87.3 Å². The Morgan fingerprint density at radius 2 is 1.80 bits per heavy atom. The molecule has 3 aromatic heterocycles. The molecule has 0 amide bonds. The van der Waals surface area contributed by atoms with Crippen LogP contribution < -0.4 is 15.0 Å². The van der Waals surface area contributed by atoms with Gasteiger partial charge < -0.3 is 14.2 Å². The van der Waals surface area contributed by atoms with E-state index in [1.165, 1.54) is 21.8 Å². The number of methoxy groups -OCH3 is 2. The number of pyridine rings is 1. The summed E-state index contributed by atoms with van der Waals surface area (Å²) in [5.74, 6) is 0.619. The maximum Gasteiger partial charge on any atom is 0.339 e. The van der Waals surface area contributed by atoms with Crippen LogP contribution in [0.2, 0.25) is 0 Å². The first-order valence-electron chi connectivity index (χ1n) is 10.7. The van der Waals surface area contributed by atoms with E-state index in [4.69, 9.17) is 19.2 Å². The standard InChI is InChI=1S/C26H21N3O5S/c1-15-14-35-26-27-17(11-24(30)29(15)26)13-34-25(31)19-12-21(28-20-7-5-4-6-18(19)20)16-8-9-22(32-2)23(10-16)33-3/h4-12,14H,13H2,1-3H3. The molecule has 5 aromatic rings. The second-order valence-electron chi connectivity index (χ2n) is 7.80. The quantitative estimate of drug-likeness (QED) is 0.322. The monoisotopic (exact) mass is 487 g/mol. The van der Waals surface area contributed by atoms with E-state index in [1.807, 2.05) is 42.6 Å². The molecule has 35 heavy (non-hydrogen) atoms. The van der Waals surface area contributed by atoms with E-state index in [0.29, 0.717) is 44.3 Å². The highest BCUT2D eigenvalue weighted by Crippen LogP contribution is 2.33. The highest BCUT2D eigenvalue weighted by atomic mass is 32.1. The number of fused-ring (bicyclic) bond motifs is 2. The molecule has 0 aliphatic heterocycles. The van der Waals surface area contributed by atoms with Crippen molar-refractivity contribution >= 4 is 33.2 Å². The molecule has 176 valence electrons. The molecule has 8 nitrogen and oxygen atoms in total. The first-order chi connectivity index (χ1) is 17.0. The first kappa shape index (κ1) is 22.5. The maximum absolute atomic E-state index is 13.2. The van der Waals surface area contributed by atoms with Crippen LogP contribution in [0.1, 0.15) is 21.7 Å². The number of carbonyl (C=O) groups is 1. The minimum atomic E-state index is -0.533. The van der Waals surface area contributed by atoms with Crippen molar-refractivity contribution in [3.8, 4) is 22.8 Å². The lowest BCUT2D eigenvalue weighted by Crippen LogP contribution is -2.16. The van der Waals surface area contributed by atoms with Gasteiger partial charge in [0.2, 0.25) is 0 Å². The fraction of sp³-hybridized carbons (Fsp3) is 0.154. The van der Waals surface area contributed by atoms with Gasteiger partial charge in [-0.25, -0.2) is 14.8 Å². The van der Waals surface area contributed by atoms with E-state index in [9.17, 15) is 9.59 Å². The Kier molecular flexibility index (Phi) is 5.92. The minimum Gasteiger partial charge on any atom is -0.493 e. The first-order valence-corrected chi connectivity index (χ1v) is 11.6. The van der Waals surface area contributed by atoms with Gasteiger partial charge in [-0.2, -0.15) is 0 Å². The third kappa shape index (κ3) is 4.22. The summed E-state index contributed by atoms with van der Waals surface area (Å²) in [7, 11) is 3.13. The molecule has 0 fully saturated rings. The van der Waals surface area contributed by atoms with Crippen molar-refractivity contribution in [3.63, 3.8) is 0 Å². The number of aromatic nitrogens is 3. The number of esters is 1. The average Bonchev–Trinajstić information content (AvgIpc) is 3.27. The van der Waals surface area contributed by atoms with Gasteiger partial charge in [0.1, 0.15) is 6.61 Å². The van der Waals surface area contributed by atoms with E-state index in [1.54, 1.807) is 32.4 Å². The number of rotatable bonds is 6. The van der Waals surface area contributed by atoms with Gasteiger partial charge in [-0.3, -0.25) is 9.20 Å². The maximum atomic E-state index is 13.2. The molecule has 0 saturated carbocycles. The molecule has 0 radical (unpaired) electrons. The van der Waals surface area contributed by atoms with Crippen LogP contribution in [-0.4, -0.2) is 34.6 Å². The van der Waals surface area contributed by atoms with Crippen LogP contribution in [0, 0.1) is 6.92 Å². The fourth-order valence-corrected chi connectivity index (χ4v) is 4.77. The second-order valence-corrected chi connectivity index (χ2v) is 8.64. The largest absolute Gasteiger partial charge is 0.493 e. The van der Waals surface area contributed by atoms with Crippen molar-refractivity contribution in [2.24, 2.45) is 0 Å². The predicted octanol–water partition coefficient (Wildman–Crippen LogP) is 4.65. The second kappa shape index (κ2) is 9.19. The molecule has 9 heteroatoms. The molecule has 0 aliphatic carbocycles. The molecule has 2 aromatic carbocycles. The van der Waals surface area contributed by atoms with Gasteiger partial charge in [0, 0.05) is 28.1 Å². The number of nitrogens with zero attached hydrogens (tertiary/aromatic N) is 3. The van der Waals surface area contributed by atoms with Crippen LogP contribution >= 0.6 is 11.3 Å². The average molecular weight is 488 g/mol. The molecule has 5 rings (SSSR count). The third-order valence-corrected chi connectivity index (χ3v) is 6.54. The zero-order chi connectivity index (χ0) is 24.5. The summed E-state index contributed by atoms with van der Waals surface area (Å²) in [4.78, 5) is 35.4. The molecule has 0 saturated heterocycles. The van der Waals surface area contributed by atoms with Crippen LogP contribution in [0.3, 0.4) is 0 Å². The highest BCUT2D eigenvalue weighted by molar-refractivity contribution is 7.15. The predicted molar refractivity (Wildman–Crippen MR) is 133 cm³/mol. The Labute approximate surface area is 204 Å². The van der Waals surface area contributed by atoms with Gasteiger partial charge in [0.15, 0.2) is 16.5 Å². The van der Waals surface area contributed by atoms with Crippen LogP contribution in [0.4, 0.5) is 0 Å². The lowest BCUT2D eigenvalue weighted by Gasteiger charge is -2.12. The lowest BCUT2D eigenvalue weighted by molar-refractivity contribution is 0.0470. The smallest absolute Gasteiger partial charge is 0.339 e. The van der Waals surface area contributed by atoms with Gasteiger partial charge in [-0.05, 0) is 37.3 Å². The Bertz CT molecular complexity index is 1640. The summed E-state index contributed by atoms with van der Waals surface area (Å²) in [5, 5.41) is 2.53. The molecule has 0 spiro atoms. The number of hydrogen-bond donors (Lipinski definition) is 0. The normalized spacial score (nSPS) is 11.1. The molecule has 0 atom stereocenters. The van der Waals surface area contributed by atoms with E-state index < -0.39 is 5.97 Å². The topological polar surface area (TPSA) is 92.0 Å². The zero-order valence-corrected chi connectivity index (χ0v) is 20.1. The molecule has 0 aliphatic rings. The SMILES string of the molecule is COc1ccc(-c2cc(C(=O)OCc3cc(=O)n4c(C)csc4n3)c3ccccc3n2)cc1OC. The number of benzene rings is 2. The summed E-state index contributed by atoms with van der Waals surface area (Å²) in [5.41, 5.74) is 3.37. The summed E-state index contributed by atoms with van der Waals surface area (Å²) in [6, 6.07) is 15.9. The van der Waals surface area contributed by atoms with Crippen LogP contribution in [0.25, 0.3) is 27.1 Å². The summed E-state index contributed by atoms with van der Waals surface area (Å²) >= 11 is 1.36. The van der Waals surface area contributed by atoms with Gasteiger partial charge in [0.25, 0.3) is 5.56 Å². The van der Waals surface area contributed by atoms with Crippen molar-refractivity contribution in [1.82, 2.24) is 14.4 Å². The molecular formula is C26H21N3O5S. The molecule has 0 unspecified atom stereocenters. The lowest BCUT2D eigenvalue weighted by atomic mass is 10.0. The minimum absolute atomic E-state index is 0.121. The van der Waals surface area contributed by atoms with E-state index in [2.05, 4.69) is 4.98 Å². The van der Waals surface area contributed by atoms with Crippen molar-refractivity contribution in [2.75, 3.05) is 14.2 Å². The van der Waals surface area contributed by atoms with Crippen molar-refractivity contribution < 1.29 is 19.0 Å². The molecule has 0 bridgehead atoms. The zero-order valence-electron chi connectivity index (χ0n) is 19.3. The highest BCUT2D eigenvalue weighted by Gasteiger charge is 2.17. The number of hydrogen-bond acceptors (Lipinski definition) is 8. The number of para-hydroxylation sites is 1. The number of ether oxygens (including phenoxy) is 3. The molecular weight excluding hydrogens is 466 g/mol. The van der Waals surface area contributed by atoms with Crippen molar-refractivity contribution in [1.29, 1.82) is 0 Å². The molecule has 3 heterocycles. The Morgan fingerprint density at radius 1 is 1.00 bits per heavy atom. The van der Waals surface area contributed by atoms with Crippen LogP contribution in [0.5, 0.6) is 11.5 Å². The number of aryl methyl sites for hydroxylation is 1. The van der Waals surface area contributed by atoms with Gasteiger partial charge in [-0.1, -0.05) is 18.2 Å². The third-order valence-electron chi connectivity index (χ3n) is 5.60. The Morgan fingerprint density at radius 3 is 2.60 bits per heavy atom. The van der Waals surface area contributed by atoms with Crippen LogP contribution in [-0.2, 0) is 11.3 Å². The number of carbonyl (C=O) groups excluding carboxylic acids is 1. The summed E-state index contributed by atoms with van der Waals surface area (Å²) in [6.07, 6.45) is 0. The molecule has 0 N–H and O–H groups in total. The summed E-state index contributed by atoms with van der Waals surface area (Å²) in [6.45, 7) is 1.72. The van der Waals surface area contributed by atoms with E-state index in [0.717, 1.165) is 11.3 Å². The fourth-order valence-electron chi connectivity index (χ4n) is 3.88. The van der Waals surface area contributed by atoms with Gasteiger partial charge in [0.05, 0.1) is 36.7 Å². The number of thiazole rings is 1. The Balaban J connectivity index is 1.50. The van der Waals surface area contributed by atoms with E-state index >= 15 is 0 Å². The van der Waals surface area contributed by atoms with E-state index in [-0.39, 0.29) is 12.2 Å². The Hall–Kier alpha value is -4.24. The summed E-state index contributed by atoms with van der Waals surface area (Å²) < 4.78 is 17.9. The van der Waals surface area contributed by atoms with Crippen LogP contribution in [0.15, 0.2) is 64.8 Å². The van der Waals surface area contributed by atoms with Gasteiger partial charge >= 0.3 is 5.97 Å². The van der Waals surface area contributed by atoms with Gasteiger partial charge in [-0.15, -0.1) is 11.3 Å².